The predicted octanol–water partition coefficient (Wildman–Crippen LogP) is 2.74. The van der Waals surface area contributed by atoms with Crippen molar-refractivity contribution >= 4 is 15.9 Å². The van der Waals surface area contributed by atoms with Gasteiger partial charge in [-0.15, -0.1) is 0 Å². The van der Waals surface area contributed by atoms with Gasteiger partial charge < -0.3 is 14.5 Å². The molecular weight excluding hydrogens is 380 g/mol. The van der Waals surface area contributed by atoms with Gasteiger partial charge in [0.25, 0.3) is 5.91 Å². The summed E-state index contributed by atoms with van der Waals surface area (Å²) in [5.74, 6) is 1.05. The lowest BCUT2D eigenvalue weighted by atomic mass is 10.2. The van der Waals surface area contributed by atoms with Crippen LogP contribution in [0.15, 0.2) is 70.0 Å². The number of rotatable bonds is 7. The summed E-state index contributed by atoms with van der Waals surface area (Å²) in [7, 11) is -3.73. The fourth-order valence-electron chi connectivity index (χ4n) is 2.50. The van der Waals surface area contributed by atoms with E-state index < -0.39 is 10.0 Å². The topological polar surface area (TPSA) is 112 Å². The zero-order chi connectivity index (χ0) is 20.1. The molecule has 3 aromatic rings. The van der Waals surface area contributed by atoms with Gasteiger partial charge in [0.05, 0.1) is 4.90 Å². The molecule has 1 aromatic heterocycles. The Balaban J connectivity index is 1.54. The van der Waals surface area contributed by atoms with E-state index in [9.17, 15) is 13.2 Å². The van der Waals surface area contributed by atoms with Crippen molar-refractivity contribution in [3.63, 3.8) is 0 Å². The number of nitrogens with one attached hydrogen (secondary N) is 1. The van der Waals surface area contributed by atoms with E-state index in [2.05, 4.69) is 5.32 Å². The summed E-state index contributed by atoms with van der Waals surface area (Å²) < 4.78 is 33.7. The maximum absolute atomic E-state index is 12.2. The van der Waals surface area contributed by atoms with Gasteiger partial charge in [0.1, 0.15) is 18.1 Å². The quantitative estimate of drug-likeness (QED) is 0.633. The summed E-state index contributed by atoms with van der Waals surface area (Å²) in [6, 6.07) is 16.9. The van der Waals surface area contributed by atoms with Crippen LogP contribution in [0.5, 0.6) is 5.75 Å². The van der Waals surface area contributed by atoms with Gasteiger partial charge in [0.2, 0.25) is 10.0 Å². The molecule has 8 heteroatoms. The van der Waals surface area contributed by atoms with E-state index in [4.69, 9.17) is 14.3 Å². The maximum atomic E-state index is 12.2. The zero-order valence-electron chi connectivity index (χ0n) is 15.2. The molecule has 3 N–H and O–H groups in total. The normalized spacial score (nSPS) is 11.2. The van der Waals surface area contributed by atoms with Gasteiger partial charge >= 0.3 is 0 Å². The molecule has 0 fully saturated rings. The number of primary sulfonamides is 1. The minimum absolute atomic E-state index is 0.0202. The molecule has 1 amide bonds. The van der Waals surface area contributed by atoms with Crippen LogP contribution in [0.1, 0.15) is 27.4 Å². The van der Waals surface area contributed by atoms with Crippen molar-refractivity contribution in [1.29, 1.82) is 0 Å². The minimum atomic E-state index is -3.73. The lowest BCUT2D eigenvalue weighted by Gasteiger charge is -2.06. The molecule has 0 radical (unpaired) electrons. The van der Waals surface area contributed by atoms with Crippen molar-refractivity contribution in [2.45, 2.75) is 25.0 Å². The first kappa shape index (κ1) is 19.7. The van der Waals surface area contributed by atoms with Gasteiger partial charge in [-0.05, 0) is 54.4 Å². The number of hydrogen-bond donors (Lipinski definition) is 2. The molecule has 1 heterocycles. The van der Waals surface area contributed by atoms with Crippen molar-refractivity contribution < 1.29 is 22.4 Å². The second kappa shape index (κ2) is 8.28. The molecule has 146 valence electrons. The van der Waals surface area contributed by atoms with E-state index in [1.807, 2.05) is 31.2 Å². The molecular formula is C20H20N2O5S. The van der Waals surface area contributed by atoms with Crippen LogP contribution in [0.2, 0.25) is 0 Å². The molecule has 3 rings (SSSR count). The Morgan fingerprint density at radius 3 is 2.54 bits per heavy atom. The van der Waals surface area contributed by atoms with Crippen LogP contribution >= 0.6 is 0 Å². The third-order valence-electron chi connectivity index (χ3n) is 3.96. The summed E-state index contributed by atoms with van der Waals surface area (Å²) >= 11 is 0. The van der Waals surface area contributed by atoms with Crippen molar-refractivity contribution in [3.05, 3.63) is 83.3 Å². The smallest absolute Gasteiger partial charge is 0.287 e. The first-order valence-electron chi connectivity index (χ1n) is 8.49. The molecule has 0 saturated carbocycles. The molecule has 0 saturated heterocycles. The average Bonchev–Trinajstić information content (AvgIpc) is 3.13. The second-order valence-electron chi connectivity index (χ2n) is 6.24. The molecule has 28 heavy (non-hydrogen) atoms. The van der Waals surface area contributed by atoms with Gasteiger partial charge in [0, 0.05) is 6.54 Å². The Hall–Kier alpha value is -3.10. The van der Waals surface area contributed by atoms with Gasteiger partial charge in [-0.2, -0.15) is 0 Å². The van der Waals surface area contributed by atoms with Crippen LogP contribution in [-0.4, -0.2) is 14.3 Å². The van der Waals surface area contributed by atoms with Crippen LogP contribution in [0.3, 0.4) is 0 Å². The fraction of sp³-hybridized carbons (Fsp3) is 0.150. The molecule has 7 nitrogen and oxygen atoms in total. The maximum Gasteiger partial charge on any atom is 0.287 e. The number of carbonyl (C=O) groups excluding carboxylic acids is 1. The van der Waals surface area contributed by atoms with Gasteiger partial charge in [0.15, 0.2) is 5.76 Å². The van der Waals surface area contributed by atoms with Gasteiger partial charge in [-0.3, -0.25) is 4.79 Å². The summed E-state index contributed by atoms with van der Waals surface area (Å²) in [5, 5.41) is 7.77. The number of benzene rings is 2. The molecule has 0 unspecified atom stereocenters. The third-order valence-corrected chi connectivity index (χ3v) is 4.89. The Kier molecular flexibility index (Phi) is 5.81. The fourth-order valence-corrected chi connectivity index (χ4v) is 3.02. The van der Waals surface area contributed by atoms with Crippen LogP contribution in [0.4, 0.5) is 0 Å². The number of ether oxygens (including phenoxy) is 1. The van der Waals surface area contributed by atoms with E-state index >= 15 is 0 Å². The number of carbonyl (C=O) groups is 1. The van der Waals surface area contributed by atoms with Gasteiger partial charge in [-0.25, -0.2) is 13.6 Å². The minimum Gasteiger partial charge on any atom is -0.486 e. The predicted molar refractivity (Wildman–Crippen MR) is 103 cm³/mol. The highest BCUT2D eigenvalue weighted by Crippen LogP contribution is 2.16. The zero-order valence-corrected chi connectivity index (χ0v) is 16.0. The van der Waals surface area contributed by atoms with Crippen molar-refractivity contribution in [2.24, 2.45) is 5.14 Å². The molecule has 0 bridgehead atoms. The highest BCUT2D eigenvalue weighted by Gasteiger charge is 2.12. The van der Waals surface area contributed by atoms with E-state index in [0.717, 1.165) is 16.9 Å². The van der Waals surface area contributed by atoms with E-state index in [1.165, 1.54) is 12.1 Å². The third kappa shape index (κ3) is 5.21. The molecule has 2 aromatic carbocycles. The monoisotopic (exact) mass is 400 g/mol. The number of sulfonamides is 1. The average molecular weight is 400 g/mol. The molecule has 0 spiro atoms. The Morgan fingerprint density at radius 2 is 1.86 bits per heavy atom. The van der Waals surface area contributed by atoms with Crippen molar-refractivity contribution in [3.8, 4) is 5.75 Å². The highest BCUT2D eigenvalue weighted by molar-refractivity contribution is 7.89. The summed E-state index contributed by atoms with van der Waals surface area (Å²) in [5.41, 5.74) is 1.82. The van der Waals surface area contributed by atoms with Crippen LogP contribution in [-0.2, 0) is 23.2 Å². The molecule has 0 aliphatic heterocycles. The van der Waals surface area contributed by atoms with Crippen molar-refractivity contribution in [2.75, 3.05) is 0 Å². The number of nitrogens with two attached hydrogens (primary N) is 1. The van der Waals surface area contributed by atoms with E-state index in [0.29, 0.717) is 5.76 Å². The summed E-state index contributed by atoms with van der Waals surface area (Å²) in [6.07, 6.45) is 0. The second-order valence-corrected chi connectivity index (χ2v) is 7.80. The first-order valence-corrected chi connectivity index (χ1v) is 10.0. The van der Waals surface area contributed by atoms with Gasteiger partial charge in [-0.1, -0.05) is 24.3 Å². The molecule has 0 aliphatic rings. The molecule has 0 atom stereocenters. The Bertz CT molecular complexity index is 1070. The van der Waals surface area contributed by atoms with Crippen LogP contribution in [0.25, 0.3) is 0 Å². The lowest BCUT2D eigenvalue weighted by molar-refractivity contribution is 0.0919. The summed E-state index contributed by atoms with van der Waals surface area (Å²) in [6.45, 7) is 2.41. The SMILES string of the molecule is Cc1cccc(OCc2ccc(C(=O)NCc3ccc(S(N)(=O)=O)cc3)o2)c1. The van der Waals surface area contributed by atoms with Crippen LogP contribution in [0, 0.1) is 6.92 Å². The lowest BCUT2D eigenvalue weighted by Crippen LogP contribution is -2.22. The van der Waals surface area contributed by atoms with Crippen LogP contribution < -0.4 is 15.2 Å². The van der Waals surface area contributed by atoms with E-state index in [-0.39, 0.29) is 29.7 Å². The van der Waals surface area contributed by atoms with Crippen molar-refractivity contribution in [1.82, 2.24) is 5.32 Å². The summed E-state index contributed by atoms with van der Waals surface area (Å²) in [4.78, 5) is 12.2. The number of hydrogen-bond acceptors (Lipinski definition) is 5. The number of aryl methyl sites for hydroxylation is 1. The Labute approximate surface area is 163 Å². The number of amides is 1. The first-order chi connectivity index (χ1) is 13.3. The Morgan fingerprint density at radius 1 is 1.11 bits per heavy atom. The van der Waals surface area contributed by atoms with E-state index in [1.54, 1.807) is 24.3 Å². The highest BCUT2D eigenvalue weighted by atomic mass is 32.2. The number of furan rings is 1. The standard InChI is InChI=1S/C20H20N2O5S/c1-14-3-2-4-16(11-14)26-13-17-7-10-19(27-17)20(23)22-12-15-5-8-18(9-6-15)28(21,24)25/h2-11H,12-13H2,1H3,(H,22,23)(H2,21,24,25). The molecule has 0 aliphatic carbocycles. The largest absolute Gasteiger partial charge is 0.486 e.